The highest BCUT2D eigenvalue weighted by molar-refractivity contribution is 7.19. The Morgan fingerprint density at radius 1 is 1.33 bits per heavy atom. The van der Waals surface area contributed by atoms with Crippen molar-refractivity contribution in [3.63, 3.8) is 0 Å². The molecule has 112 valence electrons. The van der Waals surface area contributed by atoms with Crippen LogP contribution in [-0.2, 0) is 11.2 Å². The zero-order chi connectivity index (χ0) is 15.5. The molecular formula is C18H24OSSi. The molecule has 0 radical (unpaired) electrons. The predicted octanol–water partition coefficient (Wildman–Crippen LogP) is 4.73. The van der Waals surface area contributed by atoms with Gasteiger partial charge in [0.2, 0.25) is 0 Å². The van der Waals surface area contributed by atoms with Crippen LogP contribution in [0, 0.1) is 12.3 Å². The van der Waals surface area contributed by atoms with Crippen molar-refractivity contribution in [2.75, 3.05) is 6.61 Å². The Hall–Kier alpha value is -1.08. The van der Waals surface area contributed by atoms with Crippen LogP contribution in [0.25, 0.3) is 10.1 Å². The van der Waals surface area contributed by atoms with E-state index in [9.17, 15) is 0 Å². The lowest BCUT2D eigenvalue weighted by atomic mass is 10.2. The third-order valence-electron chi connectivity index (χ3n) is 4.27. The van der Waals surface area contributed by atoms with Gasteiger partial charge in [0, 0.05) is 24.8 Å². The van der Waals surface area contributed by atoms with Gasteiger partial charge in [-0.2, -0.15) is 0 Å². The van der Waals surface area contributed by atoms with E-state index in [0.29, 0.717) is 0 Å². The molecule has 2 aromatic rings. The summed E-state index contributed by atoms with van der Waals surface area (Å²) in [6, 6.07) is 10.7. The maximum absolute atomic E-state index is 6.02. The van der Waals surface area contributed by atoms with E-state index >= 15 is 0 Å². The molecule has 0 aliphatic carbocycles. The van der Waals surface area contributed by atoms with Gasteiger partial charge in [-0.3, -0.25) is 0 Å². The molecule has 0 fully saturated rings. The average Bonchev–Trinajstić information content (AvgIpc) is 2.85. The number of hydrogen-bond donors (Lipinski definition) is 0. The van der Waals surface area contributed by atoms with Gasteiger partial charge in [-0.25, -0.2) is 0 Å². The number of benzene rings is 1. The summed E-state index contributed by atoms with van der Waals surface area (Å²) in [5.74, 6) is 2.81. The number of ether oxygens (including phenoxy) is 1. The van der Waals surface area contributed by atoms with Crippen LogP contribution < -0.4 is 0 Å². The Bertz CT molecular complexity index is 603. The fraction of sp³-hybridized carbons (Fsp3) is 0.444. The van der Waals surface area contributed by atoms with Crippen LogP contribution >= 0.6 is 11.3 Å². The molecular weight excluding hydrogens is 292 g/mol. The SMILES string of the molecule is C#CC(Cc1cc2ccccc2s1)OCC(C)(C)[SiH](C)C. The first-order valence-corrected chi connectivity index (χ1v) is 11.2. The lowest BCUT2D eigenvalue weighted by molar-refractivity contribution is 0.0749. The molecule has 1 aromatic heterocycles. The van der Waals surface area contributed by atoms with E-state index in [0.717, 1.165) is 13.0 Å². The van der Waals surface area contributed by atoms with Crippen LogP contribution in [-0.4, -0.2) is 21.5 Å². The fourth-order valence-electron chi connectivity index (χ4n) is 1.97. The highest BCUT2D eigenvalue weighted by atomic mass is 32.1. The number of thiophene rings is 1. The molecule has 0 amide bonds. The summed E-state index contributed by atoms with van der Waals surface area (Å²) in [5, 5.41) is 1.58. The summed E-state index contributed by atoms with van der Waals surface area (Å²) in [5.41, 5.74) is 0. The fourth-order valence-corrected chi connectivity index (χ4v) is 3.49. The first kappa shape index (κ1) is 16.3. The molecule has 0 aliphatic heterocycles. The molecule has 1 atom stereocenters. The minimum atomic E-state index is -0.750. The lowest BCUT2D eigenvalue weighted by Crippen LogP contribution is -2.29. The third kappa shape index (κ3) is 4.20. The zero-order valence-electron chi connectivity index (χ0n) is 13.3. The largest absolute Gasteiger partial charge is 0.365 e. The van der Waals surface area contributed by atoms with Gasteiger partial charge in [-0.05, 0) is 22.6 Å². The number of rotatable bonds is 6. The quantitative estimate of drug-likeness (QED) is 0.553. The van der Waals surface area contributed by atoms with Gasteiger partial charge < -0.3 is 4.74 Å². The Morgan fingerprint density at radius 3 is 2.67 bits per heavy atom. The van der Waals surface area contributed by atoms with E-state index in [1.807, 2.05) is 11.3 Å². The molecule has 21 heavy (non-hydrogen) atoms. The summed E-state index contributed by atoms with van der Waals surface area (Å²) in [6.45, 7) is 10.1. The molecule has 0 saturated heterocycles. The number of fused-ring (bicyclic) bond motifs is 1. The van der Waals surface area contributed by atoms with Crippen LogP contribution in [0.2, 0.25) is 18.1 Å². The average molecular weight is 317 g/mol. The smallest absolute Gasteiger partial charge is 0.122 e. The Morgan fingerprint density at radius 2 is 2.05 bits per heavy atom. The summed E-state index contributed by atoms with van der Waals surface area (Å²) >= 11 is 1.81. The van der Waals surface area contributed by atoms with Gasteiger partial charge >= 0.3 is 0 Å². The Labute approximate surface area is 133 Å². The van der Waals surface area contributed by atoms with Crippen LogP contribution in [0.1, 0.15) is 18.7 Å². The van der Waals surface area contributed by atoms with Gasteiger partial charge in [0.15, 0.2) is 0 Å². The summed E-state index contributed by atoms with van der Waals surface area (Å²) < 4.78 is 7.34. The van der Waals surface area contributed by atoms with Crippen molar-refractivity contribution in [2.45, 2.75) is 44.5 Å². The van der Waals surface area contributed by atoms with Crippen LogP contribution in [0.3, 0.4) is 0 Å². The molecule has 0 bridgehead atoms. The monoisotopic (exact) mass is 316 g/mol. The van der Waals surface area contributed by atoms with Crippen molar-refractivity contribution in [1.82, 2.24) is 0 Å². The van der Waals surface area contributed by atoms with Gasteiger partial charge in [-0.15, -0.1) is 17.8 Å². The topological polar surface area (TPSA) is 9.23 Å². The molecule has 0 spiro atoms. The normalized spacial score (nSPS) is 13.5. The van der Waals surface area contributed by atoms with Crippen molar-refractivity contribution in [2.24, 2.45) is 0 Å². The van der Waals surface area contributed by atoms with Gasteiger partial charge in [-0.1, -0.05) is 51.1 Å². The maximum atomic E-state index is 6.02. The molecule has 1 heterocycles. The first-order valence-electron chi connectivity index (χ1n) is 7.47. The predicted molar refractivity (Wildman–Crippen MR) is 97.0 cm³/mol. The maximum Gasteiger partial charge on any atom is 0.122 e. The minimum Gasteiger partial charge on any atom is -0.365 e. The van der Waals surface area contributed by atoms with E-state index in [4.69, 9.17) is 11.2 Å². The second-order valence-electron chi connectivity index (χ2n) is 6.56. The Balaban J connectivity index is 2.01. The summed E-state index contributed by atoms with van der Waals surface area (Å²) in [6.07, 6.45) is 6.35. The molecule has 0 aliphatic rings. The number of terminal acetylenes is 1. The van der Waals surface area contributed by atoms with Crippen molar-refractivity contribution < 1.29 is 4.74 Å². The first-order chi connectivity index (χ1) is 9.92. The second-order valence-corrected chi connectivity index (χ2v) is 11.6. The summed E-state index contributed by atoms with van der Waals surface area (Å²) in [7, 11) is -0.750. The minimum absolute atomic E-state index is 0.120. The molecule has 2 rings (SSSR count). The van der Waals surface area contributed by atoms with Crippen molar-refractivity contribution >= 4 is 30.2 Å². The van der Waals surface area contributed by atoms with Gasteiger partial charge in [0.05, 0.1) is 6.61 Å². The lowest BCUT2D eigenvalue weighted by Gasteiger charge is -2.29. The molecule has 3 heteroatoms. The van der Waals surface area contributed by atoms with Crippen molar-refractivity contribution in [3.8, 4) is 12.3 Å². The van der Waals surface area contributed by atoms with Crippen LogP contribution in [0.5, 0.6) is 0 Å². The Kier molecular flexibility index (Phi) is 5.26. The molecule has 0 saturated carbocycles. The third-order valence-corrected chi connectivity index (χ3v) is 8.70. The van der Waals surface area contributed by atoms with E-state index < -0.39 is 8.80 Å². The van der Waals surface area contributed by atoms with Crippen molar-refractivity contribution in [3.05, 3.63) is 35.2 Å². The highest BCUT2D eigenvalue weighted by Crippen LogP contribution is 2.30. The molecule has 1 unspecified atom stereocenters. The van der Waals surface area contributed by atoms with Crippen LogP contribution in [0.4, 0.5) is 0 Å². The van der Waals surface area contributed by atoms with E-state index in [1.165, 1.54) is 15.0 Å². The molecule has 0 N–H and O–H groups in total. The van der Waals surface area contributed by atoms with E-state index in [-0.39, 0.29) is 11.1 Å². The van der Waals surface area contributed by atoms with Gasteiger partial charge in [0.1, 0.15) is 6.10 Å². The second kappa shape index (κ2) is 6.78. The van der Waals surface area contributed by atoms with Crippen LogP contribution in [0.15, 0.2) is 30.3 Å². The van der Waals surface area contributed by atoms with E-state index in [1.54, 1.807) is 0 Å². The highest BCUT2D eigenvalue weighted by Gasteiger charge is 2.25. The molecule has 1 aromatic carbocycles. The standard InChI is InChI=1S/C18H24OSSi/c1-6-15(19-13-18(2,3)21(4)5)12-16-11-14-9-7-8-10-17(14)20-16/h1,7-11,15,21H,12-13H2,2-5H3. The molecule has 1 nitrogen and oxygen atoms in total. The number of hydrogen-bond acceptors (Lipinski definition) is 2. The zero-order valence-corrected chi connectivity index (χ0v) is 15.3. The van der Waals surface area contributed by atoms with Gasteiger partial charge in [0.25, 0.3) is 0 Å². The van der Waals surface area contributed by atoms with Crippen molar-refractivity contribution in [1.29, 1.82) is 0 Å². The summed E-state index contributed by atoms with van der Waals surface area (Å²) in [4.78, 5) is 1.30. The van der Waals surface area contributed by atoms with E-state index in [2.05, 4.69) is 63.2 Å².